The molecule has 47 heavy (non-hydrogen) atoms. The number of aryl methyl sites for hydroxylation is 1. The van der Waals surface area contributed by atoms with Gasteiger partial charge in [0.05, 0.1) is 18.9 Å². The van der Waals surface area contributed by atoms with Crippen molar-refractivity contribution in [2.75, 3.05) is 37.0 Å². The Morgan fingerprint density at radius 1 is 1.19 bits per heavy atom. The molecule has 3 aromatic rings. The van der Waals surface area contributed by atoms with Gasteiger partial charge in [0.25, 0.3) is 0 Å². The highest BCUT2D eigenvalue weighted by Gasteiger charge is 2.54. The van der Waals surface area contributed by atoms with Crippen molar-refractivity contribution in [3.8, 4) is 11.5 Å². The number of fused-ring (bicyclic) bond motifs is 4. The molecule has 3 aliphatic carbocycles. The van der Waals surface area contributed by atoms with Crippen LogP contribution in [0.25, 0.3) is 0 Å². The molecule has 1 aromatic heterocycles. The van der Waals surface area contributed by atoms with Crippen LogP contribution in [0, 0.1) is 11.8 Å². The number of ether oxygens (including phenoxy) is 2. The Kier molecular flexibility index (Phi) is 8.79. The molecule has 0 radical (unpaired) electrons. The summed E-state index contributed by atoms with van der Waals surface area (Å²) in [6.07, 6.45) is 11.0. The lowest BCUT2D eigenvalue weighted by molar-refractivity contribution is -0.144. The van der Waals surface area contributed by atoms with Crippen LogP contribution in [-0.2, 0) is 23.1 Å². The van der Waals surface area contributed by atoms with E-state index in [4.69, 9.17) is 21.1 Å². The summed E-state index contributed by atoms with van der Waals surface area (Å²) in [5.74, 6) is 2.35. The molecule has 0 saturated heterocycles. The van der Waals surface area contributed by atoms with E-state index in [-0.39, 0.29) is 5.41 Å². The Morgan fingerprint density at radius 2 is 2.02 bits per heavy atom. The predicted octanol–water partition coefficient (Wildman–Crippen LogP) is 8.42. The number of carboxylic acid groups (broad SMARTS) is 1. The standard InChI is InChI=1S/C39H48ClN3O4/c1-25(24-47-34-11-16-41-32-10-4-7-26(2)36(32)34)19-28-20-27-21-33-35(46-18-6-17-43(33)3)23-31(27)38(28)12-14-39(15-13-38,37(44)45)42-30-9-5-8-29(40)22-30/h5,8-9,11,16,21-23,25-26,28,42H,4,6-7,10,12-15,17-20,24H2,1-3H3,(H,44,45)/t25-,26-,28+,38?,39?/m1/s1. The zero-order valence-corrected chi connectivity index (χ0v) is 28.7. The summed E-state index contributed by atoms with van der Waals surface area (Å²) in [4.78, 5) is 19.9. The number of rotatable bonds is 8. The van der Waals surface area contributed by atoms with Crippen LogP contribution in [0.5, 0.6) is 11.5 Å². The van der Waals surface area contributed by atoms with Crippen LogP contribution >= 0.6 is 11.6 Å². The molecule has 1 saturated carbocycles. The molecule has 2 N–H and O–H groups in total. The maximum atomic E-state index is 12.9. The van der Waals surface area contributed by atoms with E-state index in [0.717, 1.165) is 62.3 Å². The third-order valence-corrected chi connectivity index (χ3v) is 11.9. The SMILES string of the molecule is C[C@@H](COc1ccnc2c1[C@H](C)CCC2)C[C@H]1Cc2cc3c(cc2C12CCC(Nc1cccc(Cl)c1)(C(=O)O)CC2)OCCCN3C. The van der Waals surface area contributed by atoms with E-state index in [1.165, 1.54) is 40.9 Å². The van der Waals surface area contributed by atoms with Gasteiger partial charge in [0.2, 0.25) is 0 Å². The van der Waals surface area contributed by atoms with Gasteiger partial charge < -0.3 is 24.8 Å². The number of carbonyl (C=O) groups is 1. The number of aliphatic carboxylic acids is 1. The zero-order valence-electron chi connectivity index (χ0n) is 28.0. The normalized spacial score (nSPS) is 27.2. The fraction of sp³-hybridized carbons (Fsp3) is 0.538. The second kappa shape index (κ2) is 12.9. The Labute approximate surface area is 284 Å². The Morgan fingerprint density at radius 3 is 2.81 bits per heavy atom. The molecule has 1 spiro atoms. The minimum atomic E-state index is -1.04. The van der Waals surface area contributed by atoms with Crippen molar-refractivity contribution in [2.45, 2.75) is 94.9 Å². The number of nitrogens with zero attached hydrogens (tertiary/aromatic N) is 2. The van der Waals surface area contributed by atoms with E-state index in [1.807, 2.05) is 36.5 Å². The van der Waals surface area contributed by atoms with Crippen LogP contribution < -0.4 is 19.7 Å². The number of nitrogens with one attached hydrogen (secondary N) is 1. The largest absolute Gasteiger partial charge is 0.493 e. The number of hydrogen-bond acceptors (Lipinski definition) is 6. The average Bonchev–Trinajstić information content (AvgIpc) is 3.20. The van der Waals surface area contributed by atoms with Gasteiger partial charge in [-0.15, -0.1) is 0 Å². The summed E-state index contributed by atoms with van der Waals surface area (Å²) >= 11 is 6.28. The van der Waals surface area contributed by atoms with Gasteiger partial charge in [-0.1, -0.05) is 31.5 Å². The molecule has 2 heterocycles. The molecule has 0 amide bonds. The van der Waals surface area contributed by atoms with Gasteiger partial charge in [-0.05, 0) is 135 Å². The molecule has 7 rings (SSSR count). The van der Waals surface area contributed by atoms with Crippen molar-refractivity contribution in [1.82, 2.24) is 4.98 Å². The number of pyridine rings is 1. The molecule has 1 aliphatic heterocycles. The molecular formula is C39H48ClN3O4. The van der Waals surface area contributed by atoms with Crippen LogP contribution in [0.4, 0.5) is 11.4 Å². The fourth-order valence-electron chi connectivity index (χ4n) is 9.14. The number of benzene rings is 2. The summed E-state index contributed by atoms with van der Waals surface area (Å²) in [7, 11) is 2.16. The van der Waals surface area contributed by atoms with Crippen LogP contribution in [-0.4, -0.2) is 48.4 Å². The topological polar surface area (TPSA) is 83.9 Å². The average molecular weight is 658 g/mol. The molecule has 0 bridgehead atoms. The van der Waals surface area contributed by atoms with Gasteiger partial charge >= 0.3 is 5.97 Å². The quantitative estimate of drug-likeness (QED) is 0.252. The molecule has 1 fully saturated rings. The third kappa shape index (κ3) is 6.05. The molecule has 0 unspecified atom stereocenters. The molecular weight excluding hydrogens is 610 g/mol. The lowest BCUT2D eigenvalue weighted by atomic mass is 9.59. The highest BCUT2D eigenvalue weighted by molar-refractivity contribution is 6.30. The van der Waals surface area contributed by atoms with Crippen molar-refractivity contribution in [3.63, 3.8) is 0 Å². The third-order valence-electron chi connectivity index (χ3n) is 11.7. The van der Waals surface area contributed by atoms with Crippen molar-refractivity contribution in [1.29, 1.82) is 0 Å². The molecule has 7 nitrogen and oxygen atoms in total. The van der Waals surface area contributed by atoms with E-state index < -0.39 is 11.5 Å². The maximum absolute atomic E-state index is 12.9. The molecule has 4 aliphatic rings. The van der Waals surface area contributed by atoms with Gasteiger partial charge in [0.1, 0.15) is 17.0 Å². The van der Waals surface area contributed by atoms with Gasteiger partial charge in [-0.25, -0.2) is 4.79 Å². The first-order valence-electron chi connectivity index (χ1n) is 17.6. The van der Waals surface area contributed by atoms with Crippen molar-refractivity contribution < 1.29 is 19.4 Å². The van der Waals surface area contributed by atoms with Crippen molar-refractivity contribution in [2.24, 2.45) is 11.8 Å². The lowest BCUT2D eigenvalue weighted by Gasteiger charge is -2.47. The molecule has 250 valence electrons. The second-order valence-corrected chi connectivity index (χ2v) is 15.2. The summed E-state index contributed by atoms with van der Waals surface area (Å²) in [6, 6.07) is 14.1. The highest BCUT2D eigenvalue weighted by atomic mass is 35.5. The molecule has 3 atom stereocenters. The Balaban J connectivity index is 1.16. The van der Waals surface area contributed by atoms with E-state index in [0.29, 0.717) is 48.8 Å². The number of halogens is 1. The fourth-order valence-corrected chi connectivity index (χ4v) is 9.33. The molecule has 8 heteroatoms. The zero-order chi connectivity index (χ0) is 32.8. The van der Waals surface area contributed by atoms with Gasteiger partial charge in [0, 0.05) is 41.8 Å². The summed E-state index contributed by atoms with van der Waals surface area (Å²) in [6.45, 7) is 6.95. The number of carboxylic acids is 1. The smallest absolute Gasteiger partial charge is 0.329 e. The summed E-state index contributed by atoms with van der Waals surface area (Å²) < 4.78 is 12.9. The first-order valence-corrected chi connectivity index (χ1v) is 17.9. The first kappa shape index (κ1) is 32.1. The number of anilines is 2. The van der Waals surface area contributed by atoms with Crippen LogP contribution in [0.3, 0.4) is 0 Å². The molecule has 2 aromatic carbocycles. The summed E-state index contributed by atoms with van der Waals surface area (Å²) in [5.41, 5.74) is 6.00. The second-order valence-electron chi connectivity index (χ2n) is 14.8. The first-order chi connectivity index (χ1) is 22.7. The highest BCUT2D eigenvalue weighted by Crippen LogP contribution is 2.58. The van der Waals surface area contributed by atoms with Gasteiger partial charge in [-0.3, -0.25) is 4.98 Å². The van der Waals surface area contributed by atoms with Crippen molar-refractivity contribution in [3.05, 3.63) is 76.1 Å². The van der Waals surface area contributed by atoms with Gasteiger partial charge in [0.15, 0.2) is 0 Å². The van der Waals surface area contributed by atoms with E-state index in [2.05, 4.69) is 48.2 Å². The van der Waals surface area contributed by atoms with Gasteiger partial charge in [-0.2, -0.15) is 0 Å². The maximum Gasteiger partial charge on any atom is 0.329 e. The van der Waals surface area contributed by atoms with Crippen LogP contribution in [0.2, 0.25) is 5.02 Å². The lowest BCUT2D eigenvalue weighted by Crippen LogP contribution is -2.53. The Bertz CT molecular complexity index is 1630. The number of aromatic nitrogens is 1. The summed E-state index contributed by atoms with van der Waals surface area (Å²) in [5, 5.41) is 14.6. The van der Waals surface area contributed by atoms with E-state index in [9.17, 15) is 9.90 Å². The minimum Gasteiger partial charge on any atom is -0.493 e. The minimum absolute atomic E-state index is 0.119. The van der Waals surface area contributed by atoms with Crippen LogP contribution in [0.1, 0.15) is 93.5 Å². The van der Waals surface area contributed by atoms with E-state index >= 15 is 0 Å². The van der Waals surface area contributed by atoms with E-state index in [1.54, 1.807) is 0 Å². The monoisotopic (exact) mass is 657 g/mol. The van der Waals surface area contributed by atoms with Crippen molar-refractivity contribution >= 4 is 28.9 Å². The predicted molar refractivity (Wildman–Crippen MR) is 187 cm³/mol. The Hall–Kier alpha value is -3.45. The number of hydrogen-bond donors (Lipinski definition) is 2. The van der Waals surface area contributed by atoms with Crippen LogP contribution in [0.15, 0.2) is 48.7 Å².